The van der Waals surface area contributed by atoms with Gasteiger partial charge in [0.05, 0.1) is 12.1 Å². The topological polar surface area (TPSA) is 37.4 Å². The van der Waals surface area contributed by atoms with E-state index in [2.05, 4.69) is 45.5 Å². The number of hydrogen-bond donors (Lipinski definition) is 1. The summed E-state index contributed by atoms with van der Waals surface area (Å²) < 4.78 is 5.63. The maximum absolute atomic E-state index is 5.63. The average Bonchev–Trinajstić information content (AvgIpc) is 2.56. The van der Waals surface area contributed by atoms with Crippen molar-refractivity contribution in [1.29, 1.82) is 0 Å². The number of ether oxygens (including phenoxy) is 1. The Morgan fingerprint density at radius 3 is 2.40 bits per heavy atom. The second-order valence-electron chi connectivity index (χ2n) is 5.99. The number of fused-ring (bicyclic) bond motifs is 1. The van der Waals surface area contributed by atoms with E-state index in [9.17, 15) is 0 Å². The van der Waals surface area contributed by atoms with E-state index in [1.807, 2.05) is 46.1 Å². The van der Waals surface area contributed by atoms with E-state index in [-0.39, 0.29) is 12.4 Å². The molecule has 0 aliphatic heterocycles. The van der Waals surface area contributed by atoms with E-state index in [0.717, 1.165) is 33.7 Å². The van der Waals surface area contributed by atoms with Gasteiger partial charge in [-0.15, -0.1) is 0 Å². The zero-order valence-corrected chi connectivity index (χ0v) is 15.8. The smallest absolute Gasteiger partial charge is 0.120 e. The van der Waals surface area contributed by atoms with Crippen LogP contribution < -0.4 is 27.4 Å². The van der Waals surface area contributed by atoms with Crippen molar-refractivity contribution in [1.82, 2.24) is 4.98 Å². The Hall–Kier alpha value is -2.46. The highest BCUT2D eigenvalue weighted by molar-refractivity contribution is 5.94. The SMILES string of the molecule is CCOc1ccc2nc(C)cc(Nc3ccc(N(C)C)cc3)c2c1.[Cl-]. The molecule has 25 heavy (non-hydrogen) atoms. The zero-order chi connectivity index (χ0) is 17.1. The minimum atomic E-state index is 0. The van der Waals surface area contributed by atoms with Crippen molar-refractivity contribution in [2.24, 2.45) is 0 Å². The Kier molecular flexibility index (Phi) is 6.10. The summed E-state index contributed by atoms with van der Waals surface area (Å²) in [6.45, 7) is 4.65. The molecule has 0 aliphatic carbocycles. The highest BCUT2D eigenvalue weighted by Crippen LogP contribution is 2.30. The van der Waals surface area contributed by atoms with Crippen molar-refractivity contribution < 1.29 is 17.1 Å². The predicted octanol–water partition coefficient (Wildman–Crippen LogP) is 1.76. The lowest BCUT2D eigenvalue weighted by molar-refractivity contribution is -0.00000561. The number of aryl methyl sites for hydroxylation is 1. The largest absolute Gasteiger partial charge is 1.00 e. The molecule has 3 aromatic rings. The van der Waals surface area contributed by atoms with Crippen LogP contribution in [0, 0.1) is 6.92 Å². The first-order chi connectivity index (χ1) is 11.6. The van der Waals surface area contributed by atoms with E-state index in [0.29, 0.717) is 6.61 Å². The Balaban J connectivity index is 0.00000225. The number of benzene rings is 2. The fraction of sp³-hybridized carbons (Fsp3) is 0.250. The quantitative estimate of drug-likeness (QED) is 0.756. The van der Waals surface area contributed by atoms with Gasteiger partial charge in [-0.3, -0.25) is 4.98 Å². The summed E-state index contributed by atoms with van der Waals surface area (Å²) in [5.74, 6) is 0.863. The molecular weight excluding hydrogens is 334 g/mol. The number of anilines is 3. The average molecular weight is 357 g/mol. The van der Waals surface area contributed by atoms with Gasteiger partial charge in [0.25, 0.3) is 0 Å². The maximum atomic E-state index is 5.63. The number of nitrogens with zero attached hydrogens (tertiary/aromatic N) is 2. The summed E-state index contributed by atoms with van der Waals surface area (Å²) in [6, 6.07) is 16.5. The van der Waals surface area contributed by atoms with Crippen molar-refractivity contribution in [2.75, 3.05) is 30.9 Å². The van der Waals surface area contributed by atoms with Gasteiger partial charge in [0.2, 0.25) is 0 Å². The number of halogens is 1. The van der Waals surface area contributed by atoms with Gasteiger partial charge in [-0.2, -0.15) is 0 Å². The second kappa shape index (κ2) is 8.08. The standard InChI is InChI=1S/C20H23N3O.ClH/c1-5-24-17-10-11-19-18(13-17)20(12-14(2)21-19)22-15-6-8-16(9-7-15)23(3)4;/h6-13H,5H2,1-4H3,(H,21,22);1H/p-1. The van der Waals surface area contributed by atoms with E-state index in [4.69, 9.17) is 4.74 Å². The van der Waals surface area contributed by atoms with Gasteiger partial charge < -0.3 is 27.4 Å². The summed E-state index contributed by atoms with van der Waals surface area (Å²) in [4.78, 5) is 6.70. The van der Waals surface area contributed by atoms with Crippen molar-refractivity contribution >= 4 is 28.0 Å². The maximum Gasteiger partial charge on any atom is 0.120 e. The third-order valence-corrected chi connectivity index (χ3v) is 3.88. The van der Waals surface area contributed by atoms with Gasteiger partial charge in [0.15, 0.2) is 0 Å². The zero-order valence-electron chi connectivity index (χ0n) is 15.0. The number of nitrogens with one attached hydrogen (secondary N) is 1. The first-order valence-corrected chi connectivity index (χ1v) is 8.15. The first-order valence-electron chi connectivity index (χ1n) is 8.15. The monoisotopic (exact) mass is 356 g/mol. The summed E-state index contributed by atoms with van der Waals surface area (Å²) in [6.07, 6.45) is 0. The molecule has 4 nitrogen and oxygen atoms in total. The van der Waals surface area contributed by atoms with Crippen LogP contribution >= 0.6 is 0 Å². The molecule has 0 radical (unpaired) electrons. The van der Waals surface area contributed by atoms with Crippen LogP contribution in [0.5, 0.6) is 5.75 Å². The first kappa shape index (κ1) is 18.9. The summed E-state index contributed by atoms with van der Waals surface area (Å²) in [7, 11) is 4.08. The minimum absolute atomic E-state index is 0. The van der Waals surface area contributed by atoms with Gasteiger partial charge in [-0.05, 0) is 62.4 Å². The normalized spacial score (nSPS) is 10.2. The molecule has 3 rings (SSSR count). The molecule has 0 amide bonds. The molecule has 132 valence electrons. The molecule has 0 atom stereocenters. The molecule has 1 aromatic heterocycles. The molecular formula is C20H23ClN3O-. The summed E-state index contributed by atoms with van der Waals surface area (Å²) >= 11 is 0. The second-order valence-corrected chi connectivity index (χ2v) is 5.99. The third kappa shape index (κ3) is 4.34. The molecule has 5 heteroatoms. The van der Waals surface area contributed by atoms with Crippen LogP contribution in [0.4, 0.5) is 17.1 Å². The van der Waals surface area contributed by atoms with Crippen LogP contribution in [0.25, 0.3) is 10.9 Å². The molecule has 0 saturated carbocycles. The molecule has 1 N–H and O–H groups in total. The molecule has 1 heterocycles. The van der Waals surface area contributed by atoms with Crippen LogP contribution in [0.3, 0.4) is 0 Å². The third-order valence-electron chi connectivity index (χ3n) is 3.88. The Labute approximate surface area is 155 Å². The number of hydrogen-bond acceptors (Lipinski definition) is 4. The molecule has 0 saturated heterocycles. The van der Waals surface area contributed by atoms with Gasteiger partial charge in [-0.25, -0.2) is 0 Å². The number of pyridine rings is 1. The van der Waals surface area contributed by atoms with E-state index in [1.54, 1.807) is 0 Å². The Morgan fingerprint density at radius 1 is 1.04 bits per heavy atom. The predicted molar refractivity (Wildman–Crippen MR) is 102 cm³/mol. The number of aromatic nitrogens is 1. The molecule has 0 fully saturated rings. The summed E-state index contributed by atoms with van der Waals surface area (Å²) in [5.41, 5.74) is 5.21. The Morgan fingerprint density at radius 2 is 1.76 bits per heavy atom. The van der Waals surface area contributed by atoms with Crippen LogP contribution in [-0.4, -0.2) is 25.7 Å². The molecule has 0 spiro atoms. The minimum Gasteiger partial charge on any atom is -1.00 e. The van der Waals surface area contributed by atoms with Crippen LogP contribution in [0.15, 0.2) is 48.5 Å². The molecule has 0 bridgehead atoms. The fourth-order valence-corrected chi connectivity index (χ4v) is 2.70. The highest BCUT2D eigenvalue weighted by Gasteiger charge is 2.07. The van der Waals surface area contributed by atoms with Crippen molar-refractivity contribution in [2.45, 2.75) is 13.8 Å². The molecule has 2 aromatic carbocycles. The lowest BCUT2D eigenvalue weighted by Crippen LogP contribution is -3.00. The van der Waals surface area contributed by atoms with Gasteiger partial charge >= 0.3 is 0 Å². The van der Waals surface area contributed by atoms with Gasteiger partial charge in [0.1, 0.15) is 5.75 Å². The molecule has 0 aliphatic rings. The van der Waals surface area contributed by atoms with Crippen LogP contribution in [-0.2, 0) is 0 Å². The van der Waals surface area contributed by atoms with Crippen molar-refractivity contribution in [3.8, 4) is 5.75 Å². The van der Waals surface area contributed by atoms with Gasteiger partial charge in [0, 0.05) is 42.2 Å². The van der Waals surface area contributed by atoms with Crippen molar-refractivity contribution in [3.63, 3.8) is 0 Å². The van der Waals surface area contributed by atoms with E-state index < -0.39 is 0 Å². The summed E-state index contributed by atoms with van der Waals surface area (Å²) in [5, 5.41) is 4.57. The number of rotatable bonds is 5. The Bertz CT molecular complexity index is 847. The highest BCUT2D eigenvalue weighted by atomic mass is 35.5. The van der Waals surface area contributed by atoms with E-state index in [1.165, 1.54) is 5.69 Å². The lowest BCUT2D eigenvalue weighted by atomic mass is 10.1. The van der Waals surface area contributed by atoms with Gasteiger partial charge in [-0.1, -0.05) is 0 Å². The fourth-order valence-electron chi connectivity index (χ4n) is 2.70. The van der Waals surface area contributed by atoms with Crippen molar-refractivity contribution in [3.05, 3.63) is 54.2 Å². The molecule has 0 unspecified atom stereocenters. The van der Waals surface area contributed by atoms with Crippen LogP contribution in [0.2, 0.25) is 0 Å². The lowest BCUT2D eigenvalue weighted by Gasteiger charge is -2.15. The van der Waals surface area contributed by atoms with E-state index >= 15 is 0 Å². The van der Waals surface area contributed by atoms with Crippen LogP contribution in [0.1, 0.15) is 12.6 Å².